The third-order valence-corrected chi connectivity index (χ3v) is 4.71. The van der Waals surface area contributed by atoms with Crippen molar-refractivity contribution in [2.24, 2.45) is 17.6 Å². The minimum absolute atomic E-state index is 0.268. The van der Waals surface area contributed by atoms with Crippen molar-refractivity contribution in [2.75, 3.05) is 5.32 Å². The van der Waals surface area contributed by atoms with Gasteiger partial charge in [-0.3, -0.25) is 4.79 Å². The number of rotatable bonds is 5. The fourth-order valence-electron chi connectivity index (χ4n) is 3.48. The number of benzene rings is 1. The van der Waals surface area contributed by atoms with E-state index in [4.69, 9.17) is 17.3 Å². The number of para-hydroxylation sites is 1. The zero-order valence-corrected chi connectivity index (χ0v) is 13.6. The van der Waals surface area contributed by atoms with Crippen LogP contribution in [0.3, 0.4) is 0 Å². The molecule has 1 aromatic rings. The number of nitrogens with two attached hydrogens (primary N) is 1. The molecule has 0 bridgehead atoms. The molecule has 2 rings (SSSR count). The van der Waals surface area contributed by atoms with Gasteiger partial charge in [0.15, 0.2) is 0 Å². The van der Waals surface area contributed by atoms with Gasteiger partial charge in [-0.05, 0) is 43.2 Å². The van der Waals surface area contributed by atoms with Crippen LogP contribution in [-0.4, -0.2) is 11.4 Å². The zero-order chi connectivity index (χ0) is 15.5. The summed E-state index contributed by atoms with van der Waals surface area (Å²) in [6.07, 6.45) is 4.92. The molecule has 1 aliphatic rings. The third kappa shape index (κ3) is 3.91. The predicted octanol–water partition coefficient (Wildman–Crippen LogP) is 4.21. The Balaban J connectivity index is 2.20. The van der Waals surface area contributed by atoms with E-state index in [9.17, 15) is 4.79 Å². The first kappa shape index (κ1) is 16.2. The molecule has 0 saturated heterocycles. The Morgan fingerprint density at radius 2 is 2.19 bits per heavy atom. The Hall–Kier alpha value is -1.22. The molecule has 1 aliphatic carbocycles. The summed E-state index contributed by atoms with van der Waals surface area (Å²) >= 11 is 6.22. The molecule has 1 aromatic carbocycles. The first-order valence-electron chi connectivity index (χ1n) is 7.75. The summed E-state index contributed by atoms with van der Waals surface area (Å²) < 4.78 is 0. The molecule has 0 radical (unpaired) electrons. The summed E-state index contributed by atoms with van der Waals surface area (Å²) in [6.45, 7) is 4.45. The topological polar surface area (TPSA) is 55.1 Å². The number of carbonyl (C=O) groups excluding carboxylic acids is 1. The van der Waals surface area contributed by atoms with Gasteiger partial charge >= 0.3 is 0 Å². The van der Waals surface area contributed by atoms with Crippen molar-refractivity contribution in [3.63, 3.8) is 0 Å². The van der Waals surface area contributed by atoms with Crippen LogP contribution in [0, 0.1) is 11.8 Å². The summed E-state index contributed by atoms with van der Waals surface area (Å²) in [6, 6.07) is 7.52. The molecule has 1 amide bonds. The van der Waals surface area contributed by atoms with Gasteiger partial charge in [-0.2, -0.15) is 0 Å². The van der Waals surface area contributed by atoms with Gasteiger partial charge in [0, 0.05) is 0 Å². The van der Waals surface area contributed by atoms with Gasteiger partial charge in [0.2, 0.25) is 5.91 Å². The van der Waals surface area contributed by atoms with E-state index in [1.165, 1.54) is 6.42 Å². The molecule has 0 heterocycles. The van der Waals surface area contributed by atoms with E-state index in [2.05, 4.69) is 19.2 Å². The van der Waals surface area contributed by atoms with E-state index in [1.54, 1.807) is 0 Å². The van der Waals surface area contributed by atoms with Crippen molar-refractivity contribution < 1.29 is 4.79 Å². The minimum atomic E-state index is -0.664. The van der Waals surface area contributed by atoms with Crippen LogP contribution in [-0.2, 0) is 4.79 Å². The smallest absolute Gasteiger partial charge is 0.243 e. The molecule has 116 valence electrons. The predicted molar refractivity (Wildman–Crippen MR) is 88.4 cm³/mol. The number of nitrogens with one attached hydrogen (secondary N) is 1. The quantitative estimate of drug-likeness (QED) is 0.856. The maximum absolute atomic E-state index is 12.1. The monoisotopic (exact) mass is 308 g/mol. The number of amides is 1. The second-order valence-corrected chi connectivity index (χ2v) is 7.05. The highest BCUT2D eigenvalue weighted by Gasteiger charge is 2.41. The Kier molecular flexibility index (Phi) is 5.15. The molecule has 1 fully saturated rings. The molecular weight excluding hydrogens is 284 g/mol. The Morgan fingerprint density at radius 3 is 2.81 bits per heavy atom. The molecule has 0 aromatic heterocycles. The lowest BCUT2D eigenvalue weighted by atomic mass is 9.72. The number of halogens is 1. The molecule has 1 saturated carbocycles. The van der Waals surface area contributed by atoms with Crippen LogP contribution in [0.15, 0.2) is 24.3 Å². The van der Waals surface area contributed by atoms with Gasteiger partial charge in [-0.1, -0.05) is 50.4 Å². The van der Waals surface area contributed by atoms with Crippen LogP contribution in [0.4, 0.5) is 5.69 Å². The van der Waals surface area contributed by atoms with Gasteiger partial charge in [0.25, 0.3) is 0 Å². The molecular formula is C17H25ClN2O. The van der Waals surface area contributed by atoms with Gasteiger partial charge in [0.1, 0.15) is 5.54 Å². The third-order valence-electron chi connectivity index (χ3n) is 4.38. The van der Waals surface area contributed by atoms with E-state index < -0.39 is 5.54 Å². The van der Waals surface area contributed by atoms with Crippen LogP contribution in [0.1, 0.15) is 46.0 Å². The number of hydrogen-bond acceptors (Lipinski definition) is 2. The summed E-state index contributed by atoms with van der Waals surface area (Å²) in [5.74, 6) is 0.913. The Bertz CT molecular complexity index is 503. The SMILES string of the molecule is CC(C)CC1CCCC(Nc2ccccc2Cl)(C(N)=O)C1. The molecule has 21 heavy (non-hydrogen) atoms. The van der Waals surface area contributed by atoms with Crippen LogP contribution < -0.4 is 11.1 Å². The lowest BCUT2D eigenvalue weighted by Gasteiger charge is -2.40. The lowest BCUT2D eigenvalue weighted by Crippen LogP contribution is -2.53. The second kappa shape index (κ2) is 6.69. The highest BCUT2D eigenvalue weighted by molar-refractivity contribution is 6.33. The van der Waals surface area contributed by atoms with Gasteiger partial charge in [-0.15, -0.1) is 0 Å². The zero-order valence-electron chi connectivity index (χ0n) is 12.9. The van der Waals surface area contributed by atoms with Gasteiger partial charge in [-0.25, -0.2) is 0 Å². The first-order chi connectivity index (χ1) is 9.93. The molecule has 3 nitrogen and oxygen atoms in total. The van der Waals surface area contributed by atoms with Crippen molar-refractivity contribution >= 4 is 23.2 Å². The Labute approximate surface area is 132 Å². The minimum Gasteiger partial charge on any atom is -0.370 e. The summed E-state index contributed by atoms with van der Waals surface area (Å²) in [7, 11) is 0. The Morgan fingerprint density at radius 1 is 1.48 bits per heavy atom. The molecule has 0 spiro atoms. The summed E-state index contributed by atoms with van der Waals surface area (Å²) in [4.78, 5) is 12.1. The van der Waals surface area contributed by atoms with Crippen molar-refractivity contribution in [2.45, 2.75) is 51.5 Å². The largest absolute Gasteiger partial charge is 0.370 e. The highest BCUT2D eigenvalue weighted by atomic mass is 35.5. The van der Waals surface area contributed by atoms with Crippen molar-refractivity contribution in [1.82, 2.24) is 0 Å². The second-order valence-electron chi connectivity index (χ2n) is 6.64. The van der Waals surface area contributed by atoms with E-state index in [0.29, 0.717) is 16.9 Å². The molecule has 4 heteroatoms. The molecule has 3 N–H and O–H groups in total. The number of carbonyl (C=O) groups is 1. The molecule has 0 aliphatic heterocycles. The fraction of sp³-hybridized carbons (Fsp3) is 0.588. The van der Waals surface area contributed by atoms with Crippen molar-refractivity contribution in [1.29, 1.82) is 0 Å². The molecule has 2 atom stereocenters. The summed E-state index contributed by atoms with van der Waals surface area (Å²) in [5.41, 5.74) is 5.88. The standard InChI is InChI=1S/C17H25ClN2O/c1-12(2)10-13-6-5-9-17(11-13,16(19)21)20-15-8-4-3-7-14(15)18/h3-4,7-8,12-13,20H,5-6,9-11H2,1-2H3,(H2,19,21). The average molecular weight is 309 g/mol. The fourth-order valence-corrected chi connectivity index (χ4v) is 3.66. The van der Waals surface area contributed by atoms with E-state index >= 15 is 0 Å². The lowest BCUT2D eigenvalue weighted by molar-refractivity contribution is -0.123. The average Bonchev–Trinajstić information content (AvgIpc) is 2.41. The van der Waals surface area contributed by atoms with Crippen LogP contribution in [0.25, 0.3) is 0 Å². The number of anilines is 1. The summed E-state index contributed by atoms with van der Waals surface area (Å²) in [5, 5.41) is 3.99. The first-order valence-corrected chi connectivity index (χ1v) is 8.13. The van der Waals surface area contributed by atoms with E-state index in [0.717, 1.165) is 31.4 Å². The van der Waals surface area contributed by atoms with Crippen LogP contribution in [0.2, 0.25) is 5.02 Å². The van der Waals surface area contributed by atoms with E-state index in [1.807, 2.05) is 24.3 Å². The van der Waals surface area contributed by atoms with Crippen LogP contribution in [0.5, 0.6) is 0 Å². The maximum atomic E-state index is 12.1. The normalized spacial score (nSPS) is 25.8. The van der Waals surface area contributed by atoms with E-state index in [-0.39, 0.29) is 5.91 Å². The highest BCUT2D eigenvalue weighted by Crippen LogP contribution is 2.39. The van der Waals surface area contributed by atoms with Crippen molar-refractivity contribution in [3.05, 3.63) is 29.3 Å². The molecule has 2 unspecified atom stereocenters. The van der Waals surface area contributed by atoms with Gasteiger partial charge < -0.3 is 11.1 Å². The van der Waals surface area contributed by atoms with Crippen LogP contribution >= 0.6 is 11.6 Å². The van der Waals surface area contributed by atoms with Crippen molar-refractivity contribution in [3.8, 4) is 0 Å². The maximum Gasteiger partial charge on any atom is 0.243 e. The number of hydrogen-bond donors (Lipinski definition) is 2. The number of primary amides is 1. The van der Waals surface area contributed by atoms with Gasteiger partial charge in [0.05, 0.1) is 10.7 Å².